The van der Waals surface area contributed by atoms with Crippen LogP contribution in [0, 0.1) is 0 Å². The number of furan rings is 1. The summed E-state index contributed by atoms with van der Waals surface area (Å²) in [5.41, 5.74) is 3.09. The summed E-state index contributed by atoms with van der Waals surface area (Å²) in [6.07, 6.45) is 5.42. The third kappa shape index (κ3) is 1.83. The normalized spacial score (nSPS) is 11.9. The average molecular weight is 286 g/mol. The zero-order chi connectivity index (χ0) is 15.1. The van der Waals surface area contributed by atoms with Gasteiger partial charge < -0.3 is 4.42 Å². The zero-order valence-electron chi connectivity index (χ0n) is 12.2. The van der Waals surface area contributed by atoms with E-state index in [1.165, 1.54) is 11.7 Å². The van der Waals surface area contributed by atoms with Crippen LogP contribution in [0.25, 0.3) is 38.4 Å². The molecule has 0 unspecified atom stereocenters. The molecule has 0 N–H and O–H groups in total. The Bertz CT molecular complexity index is 1060. The Labute approximate surface area is 127 Å². The summed E-state index contributed by atoms with van der Waals surface area (Å²) in [6.45, 7) is 6.06. The second-order valence-corrected chi connectivity index (χ2v) is 5.23. The average Bonchev–Trinajstić information content (AvgIpc) is 2.90. The van der Waals surface area contributed by atoms with Gasteiger partial charge in [-0.05, 0) is 35.4 Å². The number of benzene rings is 2. The highest BCUT2D eigenvalue weighted by Crippen LogP contribution is 2.34. The largest absolute Gasteiger partial charge is 0.438 e. The lowest BCUT2D eigenvalue weighted by Crippen LogP contribution is -1.88. The lowest BCUT2D eigenvalue weighted by atomic mass is 10.0. The van der Waals surface area contributed by atoms with Crippen molar-refractivity contribution in [2.45, 2.75) is 6.92 Å². The van der Waals surface area contributed by atoms with E-state index in [0.717, 1.165) is 33.0 Å². The van der Waals surface area contributed by atoms with E-state index in [1.54, 1.807) is 0 Å². The Morgan fingerprint density at radius 3 is 2.68 bits per heavy atom. The van der Waals surface area contributed by atoms with Crippen LogP contribution < -0.4 is 0 Å². The molecule has 0 aliphatic rings. The van der Waals surface area contributed by atoms with Crippen LogP contribution in [0.1, 0.15) is 12.6 Å². The maximum Gasteiger partial charge on any atom is 0.230 e. The Hall–Kier alpha value is -2.94. The van der Waals surface area contributed by atoms with Crippen LogP contribution in [0.3, 0.4) is 0 Å². The third-order valence-electron chi connectivity index (χ3n) is 3.81. The van der Waals surface area contributed by atoms with Gasteiger partial charge in [-0.15, -0.1) is 0 Å². The lowest BCUT2D eigenvalue weighted by molar-refractivity contribution is 0.653. The van der Waals surface area contributed by atoms with Crippen molar-refractivity contribution in [1.29, 1.82) is 0 Å². The van der Waals surface area contributed by atoms with Gasteiger partial charge in [-0.1, -0.05) is 43.0 Å². The fourth-order valence-corrected chi connectivity index (χ4v) is 2.82. The first kappa shape index (κ1) is 12.8. The molecular formula is C19H14N2O. The van der Waals surface area contributed by atoms with Gasteiger partial charge in [0.15, 0.2) is 0 Å². The van der Waals surface area contributed by atoms with E-state index in [1.807, 2.05) is 31.2 Å². The molecule has 0 radical (unpaired) electrons. The Balaban J connectivity index is 2.15. The molecule has 0 spiro atoms. The second kappa shape index (κ2) is 4.81. The fourth-order valence-electron chi connectivity index (χ4n) is 2.82. The van der Waals surface area contributed by atoms with E-state index in [2.05, 4.69) is 40.8 Å². The molecule has 0 amide bonds. The number of rotatable bonds is 2. The predicted octanol–water partition coefficient (Wildman–Crippen LogP) is 5.12. The first-order chi connectivity index (χ1) is 10.8. The molecule has 3 nitrogen and oxygen atoms in total. The first-order valence-corrected chi connectivity index (χ1v) is 7.16. The molecule has 0 saturated heterocycles. The topological polar surface area (TPSA) is 38.9 Å². The molecule has 4 aromatic rings. The van der Waals surface area contributed by atoms with Gasteiger partial charge >= 0.3 is 0 Å². The molecular weight excluding hydrogens is 272 g/mol. The number of fused-ring (bicyclic) bond motifs is 4. The molecule has 0 aliphatic carbocycles. The summed E-state index contributed by atoms with van der Waals surface area (Å²) < 4.78 is 5.91. The van der Waals surface area contributed by atoms with Gasteiger partial charge in [0.2, 0.25) is 5.71 Å². The minimum Gasteiger partial charge on any atom is -0.438 e. The SMILES string of the molecule is C=C(/C=C\C)c1ncnc2oc3cc4ccccc4cc3c12. The van der Waals surface area contributed by atoms with E-state index in [-0.39, 0.29) is 0 Å². The predicted molar refractivity (Wildman–Crippen MR) is 90.7 cm³/mol. The highest BCUT2D eigenvalue weighted by molar-refractivity contribution is 6.12. The van der Waals surface area contributed by atoms with Crippen molar-refractivity contribution in [3.05, 3.63) is 67.2 Å². The number of allylic oxidation sites excluding steroid dienone is 3. The van der Waals surface area contributed by atoms with Gasteiger partial charge in [-0.25, -0.2) is 9.97 Å². The van der Waals surface area contributed by atoms with Gasteiger partial charge in [0.1, 0.15) is 11.9 Å². The van der Waals surface area contributed by atoms with Gasteiger partial charge in [0, 0.05) is 5.39 Å². The zero-order valence-corrected chi connectivity index (χ0v) is 12.2. The molecule has 2 aromatic heterocycles. The standard InChI is InChI=1S/C19H14N2O/c1-3-6-12(2)18-17-15-9-13-7-4-5-8-14(13)10-16(15)22-19(17)21-11-20-18/h3-11H,2H2,1H3/b6-3-. The molecule has 0 saturated carbocycles. The van der Waals surface area contributed by atoms with Crippen LogP contribution >= 0.6 is 0 Å². The van der Waals surface area contributed by atoms with Crippen LogP contribution in [0.5, 0.6) is 0 Å². The maximum absolute atomic E-state index is 5.91. The molecule has 0 bridgehead atoms. The summed E-state index contributed by atoms with van der Waals surface area (Å²) in [5, 5.41) is 4.27. The molecule has 4 rings (SSSR count). The van der Waals surface area contributed by atoms with Gasteiger partial charge in [-0.2, -0.15) is 0 Å². The van der Waals surface area contributed by atoms with E-state index in [4.69, 9.17) is 4.42 Å². The van der Waals surface area contributed by atoms with Gasteiger partial charge in [0.25, 0.3) is 0 Å². The van der Waals surface area contributed by atoms with Crippen molar-refractivity contribution in [3.63, 3.8) is 0 Å². The van der Waals surface area contributed by atoms with Gasteiger partial charge in [0.05, 0.1) is 11.1 Å². The Morgan fingerprint density at radius 1 is 1.14 bits per heavy atom. The monoisotopic (exact) mass is 286 g/mol. The van der Waals surface area contributed by atoms with Crippen LogP contribution in [0.15, 0.2) is 65.9 Å². The minimum atomic E-state index is 0.598. The van der Waals surface area contributed by atoms with Crippen LogP contribution in [-0.2, 0) is 0 Å². The smallest absolute Gasteiger partial charge is 0.230 e. The second-order valence-electron chi connectivity index (χ2n) is 5.23. The van der Waals surface area contributed by atoms with E-state index >= 15 is 0 Å². The molecule has 2 heterocycles. The summed E-state index contributed by atoms with van der Waals surface area (Å²) in [7, 11) is 0. The fraction of sp³-hybridized carbons (Fsp3) is 0.0526. The third-order valence-corrected chi connectivity index (χ3v) is 3.81. The summed E-state index contributed by atoms with van der Waals surface area (Å²) in [5.74, 6) is 0. The molecule has 0 aliphatic heterocycles. The summed E-state index contributed by atoms with van der Waals surface area (Å²) in [6, 6.07) is 12.4. The van der Waals surface area contributed by atoms with Crippen molar-refractivity contribution in [1.82, 2.24) is 9.97 Å². The summed E-state index contributed by atoms with van der Waals surface area (Å²) >= 11 is 0. The number of hydrogen-bond donors (Lipinski definition) is 0. The van der Waals surface area contributed by atoms with Gasteiger partial charge in [-0.3, -0.25) is 0 Å². The lowest BCUT2D eigenvalue weighted by Gasteiger charge is -2.01. The minimum absolute atomic E-state index is 0.598. The van der Waals surface area contributed by atoms with Crippen LogP contribution in [-0.4, -0.2) is 9.97 Å². The van der Waals surface area contributed by atoms with Crippen molar-refractivity contribution in [2.75, 3.05) is 0 Å². The summed E-state index contributed by atoms with van der Waals surface area (Å²) in [4.78, 5) is 8.68. The Morgan fingerprint density at radius 2 is 1.91 bits per heavy atom. The molecule has 2 aromatic carbocycles. The number of hydrogen-bond acceptors (Lipinski definition) is 3. The van der Waals surface area contributed by atoms with Crippen molar-refractivity contribution in [2.24, 2.45) is 0 Å². The first-order valence-electron chi connectivity index (χ1n) is 7.16. The van der Waals surface area contributed by atoms with E-state index < -0.39 is 0 Å². The number of nitrogens with zero attached hydrogens (tertiary/aromatic N) is 2. The molecule has 0 atom stereocenters. The maximum atomic E-state index is 5.91. The highest BCUT2D eigenvalue weighted by atomic mass is 16.3. The molecule has 0 fully saturated rings. The highest BCUT2D eigenvalue weighted by Gasteiger charge is 2.15. The van der Waals surface area contributed by atoms with E-state index in [0.29, 0.717) is 5.71 Å². The van der Waals surface area contributed by atoms with Crippen molar-refractivity contribution in [3.8, 4) is 0 Å². The Kier molecular flexibility index (Phi) is 2.79. The van der Waals surface area contributed by atoms with E-state index in [9.17, 15) is 0 Å². The van der Waals surface area contributed by atoms with Crippen LogP contribution in [0.4, 0.5) is 0 Å². The number of aromatic nitrogens is 2. The quantitative estimate of drug-likeness (QED) is 0.480. The molecule has 3 heteroatoms. The van der Waals surface area contributed by atoms with Crippen LogP contribution in [0.2, 0.25) is 0 Å². The van der Waals surface area contributed by atoms with Crippen molar-refractivity contribution >= 4 is 38.4 Å². The van der Waals surface area contributed by atoms with Crippen molar-refractivity contribution < 1.29 is 4.42 Å². The molecule has 22 heavy (non-hydrogen) atoms. The molecule has 106 valence electrons.